The Kier molecular flexibility index (Phi) is 2.95. The standard InChI is InChI=1S/C15H11FN2O2/c1-20-15(19)12-10-3-2-4-11(16)14(10)18-13(12)9-5-7-17-8-6-9/h2-8,18H,1H3. The van der Waals surface area contributed by atoms with Crippen LogP contribution in [0.15, 0.2) is 42.7 Å². The summed E-state index contributed by atoms with van der Waals surface area (Å²) in [6, 6.07) is 8.08. The number of nitrogens with zero attached hydrogens (tertiary/aromatic N) is 1. The Morgan fingerprint density at radius 2 is 2.00 bits per heavy atom. The molecule has 1 N–H and O–H groups in total. The first-order valence-electron chi connectivity index (χ1n) is 6.01. The van der Waals surface area contributed by atoms with E-state index in [4.69, 9.17) is 4.74 Å². The van der Waals surface area contributed by atoms with Crippen LogP contribution in [-0.2, 0) is 4.74 Å². The molecule has 4 nitrogen and oxygen atoms in total. The topological polar surface area (TPSA) is 55.0 Å². The summed E-state index contributed by atoms with van der Waals surface area (Å²) in [5, 5.41) is 0.503. The molecule has 0 aliphatic carbocycles. The van der Waals surface area contributed by atoms with Crippen molar-refractivity contribution in [2.75, 3.05) is 7.11 Å². The summed E-state index contributed by atoms with van der Waals surface area (Å²) >= 11 is 0. The van der Waals surface area contributed by atoms with Gasteiger partial charge >= 0.3 is 5.97 Å². The molecular weight excluding hydrogens is 259 g/mol. The highest BCUT2D eigenvalue weighted by molar-refractivity contribution is 6.10. The molecule has 0 amide bonds. The smallest absolute Gasteiger partial charge is 0.340 e. The fraction of sp³-hybridized carbons (Fsp3) is 0.0667. The third-order valence-corrected chi connectivity index (χ3v) is 3.14. The Hall–Kier alpha value is -2.69. The largest absolute Gasteiger partial charge is 0.465 e. The van der Waals surface area contributed by atoms with Crippen LogP contribution in [0.4, 0.5) is 4.39 Å². The molecule has 0 aliphatic rings. The number of hydrogen-bond donors (Lipinski definition) is 1. The van der Waals surface area contributed by atoms with E-state index in [2.05, 4.69) is 9.97 Å². The third kappa shape index (κ3) is 1.84. The number of para-hydroxylation sites is 1. The van der Waals surface area contributed by atoms with E-state index >= 15 is 0 Å². The zero-order chi connectivity index (χ0) is 14.1. The number of carbonyl (C=O) groups excluding carboxylic acids is 1. The summed E-state index contributed by atoms with van der Waals surface area (Å²) in [7, 11) is 1.30. The van der Waals surface area contributed by atoms with Crippen LogP contribution in [0.5, 0.6) is 0 Å². The van der Waals surface area contributed by atoms with E-state index in [0.717, 1.165) is 5.56 Å². The Bertz CT molecular complexity index is 781. The van der Waals surface area contributed by atoms with E-state index in [0.29, 0.717) is 22.2 Å². The third-order valence-electron chi connectivity index (χ3n) is 3.14. The van der Waals surface area contributed by atoms with Gasteiger partial charge in [0.1, 0.15) is 5.82 Å². The molecule has 20 heavy (non-hydrogen) atoms. The molecule has 0 spiro atoms. The van der Waals surface area contributed by atoms with Crippen molar-refractivity contribution < 1.29 is 13.9 Å². The quantitative estimate of drug-likeness (QED) is 0.728. The maximum atomic E-state index is 13.9. The van der Waals surface area contributed by atoms with Crippen LogP contribution in [0.2, 0.25) is 0 Å². The molecule has 0 atom stereocenters. The number of ether oxygens (including phenoxy) is 1. The number of hydrogen-bond acceptors (Lipinski definition) is 3. The SMILES string of the molecule is COC(=O)c1c(-c2ccncc2)[nH]c2c(F)cccc12. The summed E-state index contributed by atoms with van der Waals surface area (Å²) in [6.07, 6.45) is 3.22. The van der Waals surface area contributed by atoms with Crippen LogP contribution in [0.25, 0.3) is 22.2 Å². The number of fused-ring (bicyclic) bond motifs is 1. The highest BCUT2D eigenvalue weighted by Crippen LogP contribution is 2.31. The van der Waals surface area contributed by atoms with Gasteiger partial charge in [0.2, 0.25) is 0 Å². The van der Waals surface area contributed by atoms with Crippen LogP contribution in [0, 0.1) is 5.82 Å². The molecule has 0 saturated carbocycles. The van der Waals surface area contributed by atoms with Crippen molar-refractivity contribution in [3.63, 3.8) is 0 Å². The zero-order valence-corrected chi connectivity index (χ0v) is 10.7. The minimum absolute atomic E-state index is 0.291. The van der Waals surface area contributed by atoms with Gasteiger partial charge in [0.05, 0.1) is 23.9 Å². The van der Waals surface area contributed by atoms with Crippen molar-refractivity contribution in [1.82, 2.24) is 9.97 Å². The lowest BCUT2D eigenvalue weighted by Crippen LogP contribution is -2.02. The fourth-order valence-electron chi connectivity index (χ4n) is 2.23. The van der Waals surface area contributed by atoms with Gasteiger partial charge in [0.25, 0.3) is 0 Å². The van der Waals surface area contributed by atoms with Crippen molar-refractivity contribution in [2.24, 2.45) is 0 Å². The summed E-state index contributed by atoms with van der Waals surface area (Å²) in [6.45, 7) is 0. The monoisotopic (exact) mass is 270 g/mol. The average Bonchev–Trinajstić information content (AvgIpc) is 2.88. The van der Waals surface area contributed by atoms with Gasteiger partial charge in [0.15, 0.2) is 0 Å². The lowest BCUT2D eigenvalue weighted by molar-refractivity contribution is 0.0604. The molecule has 2 heterocycles. The Balaban J connectivity index is 2.36. The molecule has 2 aromatic heterocycles. The molecule has 0 unspecified atom stereocenters. The van der Waals surface area contributed by atoms with Gasteiger partial charge in [-0.3, -0.25) is 4.98 Å². The van der Waals surface area contributed by atoms with Crippen molar-refractivity contribution in [2.45, 2.75) is 0 Å². The highest BCUT2D eigenvalue weighted by atomic mass is 19.1. The van der Waals surface area contributed by atoms with Crippen LogP contribution in [-0.4, -0.2) is 23.0 Å². The number of benzene rings is 1. The van der Waals surface area contributed by atoms with E-state index in [1.165, 1.54) is 13.2 Å². The molecule has 3 aromatic rings. The van der Waals surface area contributed by atoms with E-state index in [1.807, 2.05) is 0 Å². The van der Waals surface area contributed by atoms with E-state index in [-0.39, 0.29) is 0 Å². The summed E-state index contributed by atoms with van der Waals surface area (Å²) in [4.78, 5) is 18.9. The number of H-pyrrole nitrogens is 1. The first kappa shape index (κ1) is 12.3. The first-order chi connectivity index (χ1) is 9.72. The highest BCUT2D eigenvalue weighted by Gasteiger charge is 2.21. The molecule has 5 heteroatoms. The van der Waals surface area contributed by atoms with Crippen LogP contribution >= 0.6 is 0 Å². The van der Waals surface area contributed by atoms with E-state index in [9.17, 15) is 9.18 Å². The van der Waals surface area contributed by atoms with Crippen molar-refractivity contribution >= 4 is 16.9 Å². The molecule has 0 bridgehead atoms. The number of esters is 1. The van der Waals surface area contributed by atoms with Gasteiger partial charge in [-0.05, 0) is 18.2 Å². The van der Waals surface area contributed by atoms with Gasteiger partial charge in [-0.1, -0.05) is 12.1 Å². The number of aromatic nitrogens is 2. The second kappa shape index (κ2) is 4.77. The molecule has 0 radical (unpaired) electrons. The Morgan fingerprint density at radius 1 is 1.25 bits per heavy atom. The Labute approximate surface area is 114 Å². The lowest BCUT2D eigenvalue weighted by atomic mass is 10.1. The van der Waals surface area contributed by atoms with E-state index in [1.54, 1.807) is 36.7 Å². The molecule has 0 fully saturated rings. The summed E-state index contributed by atoms with van der Waals surface area (Å²) < 4.78 is 18.7. The average molecular weight is 270 g/mol. The van der Waals surface area contributed by atoms with Gasteiger partial charge in [-0.2, -0.15) is 0 Å². The normalized spacial score (nSPS) is 10.7. The first-order valence-corrected chi connectivity index (χ1v) is 6.01. The van der Waals surface area contributed by atoms with Crippen molar-refractivity contribution in [3.05, 3.63) is 54.1 Å². The van der Waals surface area contributed by atoms with Gasteiger partial charge in [0, 0.05) is 23.3 Å². The van der Waals surface area contributed by atoms with Crippen LogP contribution < -0.4 is 0 Å². The number of pyridine rings is 1. The number of halogens is 1. The molecule has 0 saturated heterocycles. The summed E-state index contributed by atoms with van der Waals surface area (Å²) in [5.74, 6) is -0.915. The predicted molar refractivity (Wildman–Crippen MR) is 72.8 cm³/mol. The number of methoxy groups -OCH3 is 1. The molecular formula is C15H11FN2O2. The number of aromatic amines is 1. The minimum atomic E-state index is -0.506. The predicted octanol–water partition coefficient (Wildman–Crippen LogP) is 3.16. The van der Waals surface area contributed by atoms with Gasteiger partial charge in [-0.25, -0.2) is 9.18 Å². The van der Waals surface area contributed by atoms with Gasteiger partial charge < -0.3 is 9.72 Å². The minimum Gasteiger partial charge on any atom is -0.465 e. The molecule has 0 aliphatic heterocycles. The van der Waals surface area contributed by atoms with E-state index < -0.39 is 11.8 Å². The van der Waals surface area contributed by atoms with Gasteiger partial charge in [-0.15, -0.1) is 0 Å². The van der Waals surface area contributed by atoms with Crippen molar-refractivity contribution in [1.29, 1.82) is 0 Å². The number of carbonyl (C=O) groups is 1. The maximum absolute atomic E-state index is 13.9. The fourth-order valence-corrected chi connectivity index (χ4v) is 2.23. The maximum Gasteiger partial charge on any atom is 0.340 e. The number of nitrogens with one attached hydrogen (secondary N) is 1. The van der Waals surface area contributed by atoms with Crippen molar-refractivity contribution in [3.8, 4) is 11.3 Å². The van der Waals surface area contributed by atoms with Crippen LogP contribution in [0.3, 0.4) is 0 Å². The van der Waals surface area contributed by atoms with Crippen LogP contribution in [0.1, 0.15) is 10.4 Å². The Morgan fingerprint density at radius 3 is 2.70 bits per heavy atom. The lowest BCUT2D eigenvalue weighted by Gasteiger charge is -2.02. The molecule has 3 rings (SSSR count). The molecule has 100 valence electrons. The number of rotatable bonds is 2. The molecule has 1 aromatic carbocycles. The zero-order valence-electron chi connectivity index (χ0n) is 10.7. The summed E-state index contributed by atoms with van der Waals surface area (Å²) in [5.41, 5.74) is 1.89. The second-order valence-electron chi connectivity index (χ2n) is 4.26. The second-order valence-corrected chi connectivity index (χ2v) is 4.26.